The second-order valence-electron chi connectivity index (χ2n) is 5.65. The Morgan fingerprint density at radius 3 is 2.57 bits per heavy atom. The number of nitriles is 1. The lowest BCUT2D eigenvalue weighted by atomic mass is 9.87. The standard InChI is InChI=1S/C14H22N4O3/c15-6-1-2-8-18-12(20)14(16-13(18)21)4-9-17(10-5-14)7-3-11-19/h19H,1-5,7-11H2,(H,16,21). The molecule has 0 unspecified atom stereocenters. The van der Waals surface area contributed by atoms with Crippen LogP contribution in [-0.2, 0) is 4.79 Å². The highest BCUT2D eigenvalue weighted by molar-refractivity contribution is 6.07. The van der Waals surface area contributed by atoms with Crippen LogP contribution in [-0.4, -0.2) is 65.2 Å². The van der Waals surface area contributed by atoms with Crippen LogP contribution in [0.25, 0.3) is 0 Å². The van der Waals surface area contributed by atoms with Gasteiger partial charge in [0, 0.05) is 39.2 Å². The van der Waals surface area contributed by atoms with E-state index in [-0.39, 0.29) is 18.5 Å². The van der Waals surface area contributed by atoms with Gasteiger partial charge in [-0.1, -0.05) is 0 Å². The summed E-state index contributed by atoms with van der Waals surface area (Å²) in [5, 5.41) is 20.2. The molecule has 0 aromatic carbocycles. The van der Waals surface area contributed by atoms with Crippen molar-refractivity contribution in [3.63, 3.8) is 0 Å². The third kappa shape index (κ3) is 3.34. The fourth-order valence-corrected chi connectivity index (χ4v) is 2.99. The molecule has 2 aliphatic heterocycles. The minimum atomic E-state index is -0.751. The fraction of sp³-hybridized carbons (Fsp3) is 0.786. The number of carbonyl (C=O) groups excluding carboxylic acids is 2. The summed E-state index contributed by atoms with van der Waals surface area (Å²) in [5.74, 6) is -0.146. The second-order valence-corrected chi connectivity index (χ2v) is 5.65. The van der Waals surface area contributed by atoms with Crippen molar-refractivity contribution in [1.82, 2.24) is 15.1 Å². The molecule has 2 N–H and O–H groups in total. The lowest BCUT2D eigenvalue weighted by molar-refractivity contribution is -0.133. The lowest BCUT2D eigenvalue weighted by Crippen LogP contribution is -2.55. The van der Waals surface area contributed by atoms with Crippen LogP contribution in [0, 0.1) is 11.3 Å². The number of rotatable bonds is 6. The molecule has 0 aromatic rings. The highest BCUT2D eigenvalue weighted by atomic mass is 16.3. The summed E-state index contributed by atoms with van der Waals surface area (Å²) in [6.07, 6.45) is 2.82. The molecule has 2 rings (SSSR count). The van der Waals surface area contributed by atoms with E-state index < -0.39 is 5.54 Å². The minimum absolute atomic E-state index is 0.146. The van der Waals surface area contributed by atoms with Gasteiger partial charge in [-0.2, -0.15) is 5.26 Å². The van der Waals surface area contributed by atoms with Crippen LogP contribution < -0.4 is 5.32 Å². The Balaban J connectivity index is 1.91. The Morgan fingerprint density at radius 2 is 1.95 bits per heavy atom. The molecule has 7 nitrogen and oxygen atoms in total. The number of aliphatic hydroxyl groups excluding tert-OH is 1. The molecule has 2 heterocycles. The zero-order chi connectivity index (χ0) is 15.3. The maximum atomic E-state index is 12.5. The molecule has 2 fully saturated rings. The number of nitrogens with zero attached hydrogens (tertiary/aromatic N) is 3. The second kappa shape index (κ2) is 6.87. The maximum Gasteiger partial charge on any atom is 0.325 e. The van der Waals surface area contributed by atoms with Crippen LogP contribution in [0.3, 0.4) is 0 Å². The molecule has 0 atom stereocenters. The number of unbranched alkanes of at least 4 members (excludes halogenated alkanes) is 1. The fourth-order valence-electron chi connectivity index (χ4n) is 2.99. The third-order valence-corrected chi connectivity index (χ3v) is 4.26. The van der Waals surface area contributed by atoms with Crippen molar-refractivity contribution in [2.45, 2.75) is 37.6 Å². The molecular formula is C14H22N4O3. The number of piperidine rings is 1. The van der Waals surface area contributed by atoms with Gasteiger partial charge in [0.05, 0.1) is 6.07 Å². The van der Waals surface area contributed by atoms with E-state index in [1.54, 1.807) is 0 Å². The molecule has 3 amide bonds. The van der Waals surface area contributed by atoms with E-state index in [9.17, 15) is 9.59 Å². The quantitative estimate of drug-likeness (QED) is 0.533. The first-order valence-electron chi connectivity index (χ1n) is 7.47. The van der Waals surface area contributed by atoms with Crippen LogP contribution in [0.4, 0.5) is 4.79 Å². The number of hydrogen-bond donors (Lipinski definition) is 2. The predicted molar refractivity (Wildman–Crippen MR) is 75.2 cm³/mol. The van der Waals surface area contributed by atoms with Gasteiger partial charge in [-0.05, 0) is 25.7 Å². The third-order valence-electron chi connectivity index (χ3n) is 4.26. The molecule has 0 radical (unpaired) electrons. The first-order chi connectivity index (χ1) is 10.1. The van der Waals surface area contributed by atoms with Crippen LogP contribution >= 0.6 is 0 Å². The van der Waals surface area contributed by atoms with Crippen LogP contribution in [0.15, 0.2) is 0 Å². The van der Waals surface area contributed by atoms with Gasteiger partial charge in [-0.3, -0.25) is 9.69 Å². The van der Waals surface area contributed by atoms with Crippen molar-refractivity contribution >= 4 is 11.9 Å². The molecule has 0 saturated carbocycles. The number of amides is 3. The Bertz CT molecular complexity index is 438. The zero-order valence-corrected chi connectivity index (χ0v) is 12.2. The molecular weight excluding hydrogens is 272 g/mol. The highest BCUT2D eigenvalue weighted by Crippen LogP contribution is 2.29. The van der Waals surface area contributed by atoms with Gasteiger partial charge >= 0.3 is 6.03 Å². The number of urea groups is 1. The molecule has 116 valence electrons. The Hall–Kier alpha value is -1.65. The number of aliphatic hydroxyl groups is 1. The molecule has 0 aliphatic carbocycles. The number of hydrogen-bond acceptors (Lipinski definition) is 5. The van der Waals surface area contributed by atoms with Crippen molar-refractivity contribution in [3.8, 4) is 6.07 Å². The number of carbonyl (C=O) groups is 2. The Labute approximate surface area is 124 Å². The topological polar surface area (TPSA) is 96.7 Å². The molecule has 0 aromatic heterocycles. The average Bonchev–Trinajstić information content (AvgIpc) is 2.71. The first-order valence-corrected chi connectivity index (χ1v) is 7.47. The summed E-state index contributed by atoms with van der Waals surface area (Å²) in [4.78, 5) is 27.9. The summed E-state index contributed by atoms with van der Waals surface area (Å²) in [5.41, 5.74) is -0.751. The zero-order valence-electron chi connectivity index (χ0n) is 12.2. The van der Waals surface area contributed by atoms with Crippen molar-refractivity contribution < 1.29 is 14.7 Å². The van der Waals surface area contributed by atoms with E-state index in [0.717, 1.165) is 26.1 Å². The van der Waals surface area contributed by atoms with E-state index in [0.29, 0.717) is 32.2 Å². The van der Waals surface area contributed by atoms with Crippen molar-refractivity contribution in [2.24, 2.45) is 0 Å². The molecule has 21 heavy (non-hydrogen) atoms. The van der Waals surface area contributed by atoms with Crippen LogP contribution in [0.2, 0.25) is 0 Å². The van der Waals surface area contributed by atoms with Gasteiger partial charge in [0.15, 0.2) is 0 Å². The lowest BCUT2D eigenvalue weighted by Gasteiger charge is -2.37. The largest absolute Gasteiger partial charge is 0.396 e. The molecule has 0 bridgehead atoms. The first kappa shape index (κ1) is 15.7. The summed E-state index contributed by atoms with van der Waals surface area (Å²) in [6.45, 7) is 2.80. The monoisotopic (exact) mass is 294 g/mol. The average molecular weight is 294 g/mol. The minimum Gasteiger partial charge on any atom is -0.396 e. The Morgan fingerprint density at radius 1 is 1.24 bits per heavy atom. The van der Waals surface area contributed by atoms with Gasteiger partial charge in [0.25, 0.3) is 5.91 Å². The van der Waals surface area contributed by atoms with Crippen molar-refractivity contribution in [1.29, 1.82) is 5.26 Å². The van der Waals surface area contributed by atoms with Gasteiger partial charge in [0.2, 0.25) is 0 Å². The molecule has 2 saturated heterocycles. The van der Waals surface area contributed by atoms with Crippen molar-refractivity contribution in [2.75, 3.05) is 32.8 Å². The summed E-state index contributed by atoms with van der Waals surface area (Å²) in [7, 11) is 0. The SMILES string of the molecule is N#CCCCN1C(=O)NC2(CCN(CCCO)CC2)C1=O. The van der Waals surface area contributed by atoms with Gasteiger partial charge < -0.3 is 15.3 Å². The smallest absolute Gasteiger partial charge is 0.325 e. The van der Waals surface area contributed by atoms with E-state index >= 15 is 0 Å². The van der Waals surface area contributed by atoms with E-state index in [4.69, 9.17) is 10.4 Å². The van der Waals surface area contributed by atoms with E-state index in [1.165, 1.54) is 4.90 Å². The summed E-state index contributed by atoms with van der Waals surface area (Å²) >= 11 is 0. The summed E-state index contributed by atoms with van der Waals surface area (Å²) in [6, 6.07) is 1.69. The van der Waals surface area contributed by atoms with Gasteiger partial charge in [-0.25, -0.2) is 4.79 Å². The van der Waals surface area contributed by atoms with Crippen LogP contribution in [0.5, 0.6) is 0 Å². The van der Waals surface area contributed by atoms with Gasteiger partial charge in [0.1, 0.15) is 5.54 Å². The van der Waals surface area contributed by atoms with E-state index in [1.807, 2.05) is 6.07 Å². The van der Waals surface area contributed by atoms with Gasteiger partial charge in [-0.15, -0.1) is 0 Å². The van der Waals surface area contributed by atoms with Crippen molar-refractivity contribution in [3.05, 3.63) is 0 Å². The summed E-state index contributed by atoms with van der Waals surface area (Å²) < 4.78 is 0. The number of likely N-dealkylation sites (tertiary alicyclic amines) is 1. The molecule has 2 aliphatic rings. The normalized spacial score (nSPS) is 21.6. The predicted octanol–water partition coefficient (Wildman–Crippen LogP) is 0.0590. The molecule has 7 heteroatoms. The number of imide groups is 1. The van der Waals surface area contributed by atoms with Crippen LogP contribution in [0.1, 0.15) is 32.1 Å². The highest BCUT2D eigenvalue weighted by Gasteiger charge is 2.51. The Kier molecular flexibility index (Phi) is 5.15. The molecule has 1 spiro atoms. The van der Waals surface area contributed by atoms with E-state index in [2.05, 4.69) is 10.2 Å². The number of nitrogens with one attached hydrogen (secondary N) is 1. The maximum absolute atomic E-state index is 12.5.